The molecule has 0 aromatic heterocycles. The third-order valence-corrected chi connectivity index (χ3v) is 1.94. The second-order valence-electron chi connectivity index (χ2n) is 3.34. The second-order valence-corrected chi connectivity index (χ2v) is 3.34. The van der Waals surface area contributed by atoms with Crippen LogP contribution < -0.4 is 0 Å². The van der Waals surface area contributed by atoms with Crippen molar-refractivity contribution in [1.82, 2.24) is 0 Å². The molecule has 0 saturated carbocycles. The molecule has 0 aromatic carbocycles. The van der Waals surface area contributed by atoms with Gasteiger partial charge in [-0.2, -0.15) is 4.79 Å². The van der Waals surface area contributed by atoms with Crippen LogP contribution in [0.3, 0.4) is 0 Å². The SMILES string of the molecule is CCCCCC[C@@H](C)OC(=O)C=[N+]=[N-]. The molecule has 0 saturated heterocycles. The molecule has 80 valence electrons. The number of nitrogens with zero attached hydrogens (tertiary/aromatic N) is 2. The summed E-state index contributed by atoms with van der Waals surface area (Å²) in [4.78, 5) is 13.4. The van der Waals surface area contributed by atoms with Gasteiger partial charge in [0.1, 0.15) is 0 Å². The Hall–Kier alpha value is -1.15. The number of ether oxygens (including phenoxy) is 1. The molecule has 0 N–H and O–H groups in total. The van der Waals surface area contributed by atoms with Gasteiger partial charge in [0.15, 0.2) is 0 Å². The molecule has 0 aliphatic carbocycles. The first-order valence-electron chi connectivity index (χ1n) is 5.08. The van der Waals surface area contributed by atoms with Crippen LogP contribution in [0, 0.1) is 0 Å². The van der Waals surface area contributed by atoms with Crippen molar-refractivity contribution in [3.05, 3.63) is 5.53 Å². The molecule has 4 nitrogen and oxygen atoms in total. The first kappa shape index (κ1) is 12.8. The smallest absolute Gasteiger partial charge is 0.413 e. The number of carbonyl (C=O) groups is 1. The lowest BCUT2D eigenvalue weighted by Gasteiger charge is -2.09. The molecule has 0 bridgehead atoms. The Labute approximate surface area is 84.9 Å². The van der Waals surface area contributed by atoms with E-state index in [0.29, 0.717) is 0 Å². The maximum atomic E-state index is 10.8. The summed E-state index contributed by atoms with van der Waals surface area (Å²) in [5.41, 5.74) is 8.06. The van der Waals surface area contributed by atoms with Crippen LogP contribution >= 0.6 is 0 Å². The fourth-order valence-electron chi connectivity index (χ4n) is 1.19. The summed E-state index contributed by atoms with van der Waals surface area (Å²) < 4.78 is 4.92. The largest absolute Gasteiger partial charge is 0.454 e. The fourth-order valence-corrected chi connectivity index (χ4v) is 1.19. The van der Waals surface area contributed by atoms with Crippen molar-refractivity contribution < 1.29 is 14.3 Å². The summed E-state index contributed by atoms with van der Waals surface area (Å²) >= 11 is 0. The highest BCUT2D eigenvalue weighted by atomic mass is 16.5. The molecule has 0 spiro atoms. The zero-order chi connectivity index (χ0) is 10.8. The summed E-state index contributed by atoms with van der Waals surface area (Å²) in [5, 5.41) is 0. The van der Waals surface area contributed by atoms with Crippen molar-refractivity contribution >= 4 is 12.2 Å². The van der Waals surface area contributed by atoms with Crippen molar-refractivity contribution in [2.24, 2.45) is 0 Å². The lowest BCUT2D eigenvalue weighted by atomic mass is 10.1. The quantitative estimate of drug-likeness (QED) is 0.207. The molecule has 0 rings (SSSR count). The minimum Gasteiger partial charge on any atom is -0.454 e. The van der Waals surface area contributed by atoms with Crippen molar-refractivity contribution in [1.29, 1.82) is 0 Å². The maximum Gasteiger partial charge on any atom is 0.413 e. The van der Waals surface area contributed by atoms with Crippen LogP contribution in [0.15, 0.2) is 0 Å². The van der Waals surface area contributed by atoms with Crippen molar-refractivity contribution in [3.63, 3.8) is 0 Å². The van der Waals surface area contributed by atoms with Crippen LogP contribution in [-0.4, -0.2) is 23.1 Å². The van der Waals surface area contributed by atoms with E-state index in [9.17, 15) is 4.79 Å². The number of carbonyl (C=O) groups excluding carboxylic acids is 1. The predicted molar refractivity (Wildman–Crippen MR) is 54.0 cm³/mol. The topological polar surface area (TPSA) is 62.7 Å². The van der Waals surface area contributed by atoms with Gasteiger partial charge in [0.2, 0.25) is 0 Å². The van der Waals surface area contributed by atoms with Crippen LogP contribution in [0.5, 0.6) is 0 Å². The normalized spacial score (nSPS) is 11.6. The van der Waals surface area contributed by atoms with Gasteiger partial charge in [-0.05, 0) is 19.8 Å². The molecule has 0 amide bonds. The molecule has 0 heterocycles. The van der Waals surface area contributed by atoms with Gasteiger partial charge in [-0.15, -0.1) is 0 Å². The molecule has 0 fully saturated rings. The zero-order valence-electron chi connectivity index (χ0n) is 8.90. The van der Waals surface area contributed by atoms with Crippen LogP contribution in [0.1, 0.15) is 46.0 Å². The Morgan fingerprint density at radius 1 is 1.50 bits per heavy atom. The third-order valence-electron chi connectivity index (χ3n) is 1.94. The first-order valence-corrected chi connectivity index (χ1v) is 5.08. The molecule has 0 aliphatic heterocycles. The summed E-state index contributed by atoms with van der Waals surface area (Å²) in [7, 11) is 0. The van der Waals surface area contributed by atoms with Crippen molar-refractivity contribution in [3.8, 4) is 0 Å². The van der Waals surface area contributed by atoms with Gasteiger partial charge in [0.05, 0.1) is 6.10 Å². The average molecular weight is 198 g/mol. The average Bonchev–Trinajstić information content (AvgIpc) is 2.13. The van der Waals surface area contributed by atoms with E-state index in [1.54, 1.807) is 0 Å². The summed E-state index contributed by atoms with van der Waals surface area (Å²) in [6.45, 7) is 4.00. The minimum absolute atomic E-state index is 0.0997. The summed E-state index contributed by atoms with van der Waals surface area (Å²) in [6.07, 6.45) is 6.19. The second kappa shape index (κ2) is 8.45. The first-order chi connectivity index (χ1) is 6.70. The molecule has 0 aromatic rings. The van der Waals surface area contributed by atoms with Crippen molar-refractivity contribution in [2.45, 2.75) is 52.1 Å². The Kier molecular flexibility index (Phi) is 7.75. The summed E-state index contributed by atoms with van der Waals surface area (Å²) in [5.74, 6) is -0.588. The predicted octanol–water partition coefficient (Wildman–Crippen LogP) is 2.19. The van der Waals surface area contributed by atoms with Crippen LogP contribution in [-0.2, 0) is 9.53 Å². The molecule has 0 unspecified atom stereocenters. The number of unbranched alkanes of at least 4 members (excludes halogenated alkanes) is 3. The third kappa shape index (κ3) is 7.50. The lowest BCUT2D eigenvalue weighted by molar-refractivity contribution is -0.143. The number of hydrogen-bond donors (Lipinski definition) is 0. The molecular formula is C10H18N2O2. The van der Waals surface area contributed by atoms with Crippen LogP contribution in [0.2, 0.25) is 0 Å². The highest BCUT2D eigenvalue weighted by Crippen LogP contribution is 2.07. The van der Waals surface area contributed by atoms with Crippen LogP contribution in [0.25, 0.3) is 5.53 Å². The summed E-state index contributed by atoms with van der Waals surface area (Å²) in [6, 6.07) is 0. The van der Waals surface area contributed by atoms with E-state index in [4.69, 9.17) is 10.3 Å². The molecule has 4 heteroatoms. The van der Waals surface area contributed by atoms with Gasteiger partial charge in [-0.1, -0.05) is 26.2 Å². The maximum absolute atomic E-state index is 10.8. The minimum atomic E-state index is -0.588. The zero-order valence-corrected chi connectivity index (χ0v) is 8.90. The van der Waals surface area contributed by atoms with Gasteiger partial charge < -0.3 is 10.3 Å². The Balaban J connectivity index is 3.49. The van der Waals surface area contributed by atoms with E-state index in [0.717, 1.165) is 19.1 Å². The highest BCUT2D eigenvalue weighted by molar-refractivity contribution is 6.20. The molecule has 14 heavy (non-hydrogen) atoms. The Bertz CT molecular complexity index is 210. The molecule has 0 aliphatic rings. The van der Waals surface area contributed by atoms with Gasteiger partial charge in [-0.25, -0.2) is 4.79 Å². The van der Waals surface area contributed by atoms with E-state index in [1.165, 1.54) is 19.3 Å². The van der Waals surface area contributed by atoms with Gasteiger partial charge in [-0.3, -0.25) is 0 Å². The highest BCUT2D eigenvalue weighted by Gasteiger charge is 2.09. The van der Waals surface area contributed by atoms with E-state index < -0.39 is 5.97 Å². The van der Waals surface area contributed by atoms with E-state index in [2.05, 4.69) is 11.7 Å². The Morgan fingerprint density at radius 3 is 2.79 bits per heavy atom. The molecular weight excluding hydrogens is 180 g/mol. The van der Waals surface area contributed by atoms with E-state index in [-0.39, 0.29) is 6.10 Å². The fraction of sp³-hybridized carbons (Fsp3) is 0.800. The van der Waals surface area contributed by atoms with E-state index >= 15 is 0 Å². The molecule has 0 radical (unpaired) electrons. The lowest BCUT2D eigenvalue weighted by Crippen LogP contribution is -2.15. The van der Waals surface area contributed by atoms with Gasteiger partial charge in [0, 0.05) is 0 Å². The van der Waals surface area contributed by atoms with Crippen LogP contribution in [0.4, 0.5) is 0 Å². The monoisotopic (exact) mass is 198 g/mol. The standard InChI is InChI=1S/C10H18N2O2/c1-3-4-5-6-7-9(2)14-10(13)8-12-11/h8-9H,3-7H2,1-2H3/t9-/m1/s1. The Morgan fingerprint density at radius 2 is 2.21 bits per heavy atom. The number of rotatable bonds is 7. The number of hydrogen-bond acceptors (Lipinski definition) is 2. The van der Waals surface area contributed by atoms with Crippen molar-refractivity contribution in [2.75, 3.05) is 0 Å². The van der Waals surface area contributed by atoms with Gasteiger partial charge in [0.25, 0.3) is 0 Å². The van der Waals surface area contributed by atoms with Gasteiger partial charge >= 0.3 is 12.2 Å². The number of esters is 1. The van der Waals surface area contributed by atoms with E-state index in [1.807, 2.05) is 6.92 Å². The molecule has 1 atom stereocenters.